The van der Waals surface area contributed by atoms with E-state index in [2.05, 4.69) is 4.98 Å². The zero-order valence-electron chi connectivity index (χ0n) is 7.60. The molecule has 0 aromatic carbocycles. The van der Waals surface area contributed by atoms with E-state index in [1.54, 1.807) is 38.4 Å². The minimum Gasteiger partial charge on any atom is -0.389 e. The summed E-state index contributed by atoms with van der Waals surface area (Å²) in [7, 11) is -4.15. The molecule has 1 heterocycles. The largest absolute Gasteiger partial charge is 0.503 e. The monoisotopic (exact) mass is 199 g/mol. The molecule has 0 unspecified atom stereocenters. The third-order valence-electron chi connectivity index (χ3n) is 2.24. The third-order valence-corrected chi connectivity index (χ3v) is 4.21. The Balaban J connectivity index is 3.08. The fourth-order valence-electron chi connectivity index (χ4n) is 0.962. The fourth-order valence-corrected chi connectivity index (χ4v) is 1.52. The zero-order chi connectivity index (χ0) is 10.1. The molecular formula is C8H13NO3Si. The summed E-state index contributed by atoms with van der Waals surface area (Å²) in [5.74, 6) is 0. The summed E-state index contributed by atoms with van der Waals surface area (Å²) in [6.07, 6.45) is 3.11. The van der Waals surface area contributed by atoms with Crippen LogP contribution in [0.5, 0.6) is 0 Å². The van der Waals surface area contributed by atoms with Crippen molar-refractivity contribution in [3.05, 3.63) is 30.1 Å². The van der Waals surface area contributed by atoms with Gasteiger partial charge in [0.25, 0.3) is 0 Å². The zero-order valence-corrected chi connectivity index (χ0v) is 8.60. The molecule has 4 nitrogen and oxygen atoms in total. The Morgan fingerprint density at radius 2 is 1.62 bits per heavy atom. The average molecular weight is 199 g/mol. The molecule has 0 aliphatic heterocycles. The lowest BCUT2D eigenvalue weighted by Crippen LogP contribution is -2.53. The van der Waals surface area contributed by atoms with E-state index in [0.29, 0.717) is 5.56 Å². The first kappa shape index (κ1) is 10.3. The van der Waals surface area contributed by atoms with Crippen molar-refractivity contribution in [2.45, 2.75) is 18.9 Å². The summed E-state index contributed by atoms with van der Waals surface area (Å²) < 4.78 is 0. The normalized spacial score (nSPS) is 13.0. The van der Waals surface area contributed by atoms with Crippen LogP contribution in [0.1, 0.15) is 19.4 Å². The van der Waals surface area contributed by atoms with Gasteiger partial charge in [0.15, 0.2) is 0 Å². The molecule has 0 amide bonds. The van der Waals surface area contributed by atoms with Crippen molar-refractivity contribution in [2.24, 2.45) is 0 Å². The molecule has 3 N–H and O–H groups in total. The Morgan fingerprint density at radius 3 is 2.00 bits per heavy atom. The molecule has 13 heavy (non-hydrogen) atoms. The van der Waals surface area contributed by atoms with Gasteiger partial charge in [0.05, 0.1) is 5.04 Å². The molecule has 0 aliphatic rings. The van der Waals surface area contributed by atoms with Gasteiger partial charge in [0.2, 0.25) is 0 Å². The first-order chi connectivity index (χ1) is 5.86. The first-order valence-corrected chi connectivity index (χ1v) is 5.77. The predicted octanol–water partition coefficient (Wildman–Crippen LogP) is -0.186. The van der Waals surface area contributed by atoms with E-state index >= 15 is 0 Å². The number of nitrogens with zero attached hydrogens (tertiary/aromatic N) is 1. The Bertz CT molecular complexity index is 281. The van der Waals surface area contributed by atoms with Crippen LogP contribution in [-0.4, -0.2) is 28.2 Å². The van der Waals surface area contributed by atoms with E-state index in [1.807, 2.05) is 0 Å². The molecule has 0 fully saturated rings. The van der Waals surface area contributed by atoms with E-state index < -0.39 is 13.8 Å². The quantitative estimate of drug-likeness (QED) is 0.577. The summed E-state index contributed by atoms with van der Waals surface area (Å²) in [6, 6.07) is 3.31. The maximum atomic E-state index is 9.23. The molecule has 72 valence electrons. The first-order valence-electron chi connectivity index (χ1n) is 3.93. The SMILES string of the molecule is CC(C)(c1ccncc1)[Si](O)(O)O. The molecule has 0 atom stereocenters. The highest BCUT2D eigenvalue weighted by Gasteiger charge is 2.48. The molecule has 0 saturated carbocycles. The molecule has 5 heteroatoms. The summed E-state index contributed by atoms with van der Waals surface area (Å²) in [5, 5.41) is -1.00. The molecule has 0 bridgehead atoms. The van der Waals surface area contributed by atoms with Crippen LogP contribution in [0.2, 0.25) is 0 Å². The van der Waals surface area contributed by atoms with Crippen molar-refractivity contribution in [1.29, 1.82) is 0 Å². The van der Waals surface area contributed by atoms with Gasteiger partial charge in [-0.2, -0.15) is 0 Å². The van der Waals surface area contributed by atoms with E-state index in [1.165, 1.54) is 0 Å². The Hall–Kier alpha value is -0.753. The van der Waals surface area contributed by atoms with Crippen LogP contribution in [0.4, 0.5) is 0 Å². The van der Waals surface area contributed by atoms with Gasteiger partial charge in [-0.05, 0) is 17.7 Å². The molecule has 1 aromatic heterocycles. The second-order valence-electron chi connectivity index (χ2n) is 3.50. The molecule has 0 aliphatic carbocycles. The Morgan fingerprint density at radius 1 is 1.15 bits per heavy atom. The van der Waals surface area contributed by atoms with Gasteiger partial charge in [0.1, 0.15) is 0 Å². The average Bonchev–Trinajstić information content (AvgIpc) is 2.04. The van der Waals surface area contributed by atoms with Crippen LogP contribution in [-0.2, 0) is 5.04 Å². The van der Waals surface area contributed by atoms with Gasteiger partial charge in [0, 0.05) is 12.4 Å². The number of pyridine rings is 1. The maximum absolute atomic E-state index is 9.23. The summed E-state index contributed by atoms with van der Waals surface area (Å²) >= 11 is 0. The number of rotatable bonds is 2. The van der Waals surface area contributed by atoms with Gasteiger partial charge in [-0.3, -0.25) is 4.98 Å². The third kappa shape index (κ3) is 1.94. The maximum Gasteiger partial charge on any atom is 0.503 e. The molecule has 0 radical (unpaired) electrons. The predicted molar refractivity (Wildman–Crippen MR) is 49.7 cm³/mol. The second kappa shape index (κ2) is 3.19. The van der Waals surface area contributed by atoms with Crippen molar-refractivity contribution in [2.75, 3.05) is 0 Å². The van der Waals surface area contributed by atoms with Gasteiger partial charge < -0.3 is 14.4 Å². The van der Waals surface area contributed by atoms with Gasteiger partial charge in [-0.1, -0.05) is 13.8 Å². The molecular weight excluding hydrogens is 186 g/mol. The highest BCUT2D eigenvalue weighted by atomic mass is 28.4. The summed E-state index contributed by atoms with van der Waals surface area (Å²) in [5.41, 5.74) is 0.668. The van der Waals surface area contributed by atoms with Gasteiger partial charge in [-0.25, -0.2) is 0 Å². The van der Waals surface area contributed by atoms with E-state index in [0.717, 1.165) is 0 Å². The Labute approximate surface area is 77.9 Å². The summed E-state index contributed by atoms with van der Waals surface area (Å²) in [4.78, 5) is 31.5. The van der Waals surface area contributed by atoms with E-state index in [9.17, 15) is 14.4 Å². The van der Waals surface area contributed by atoms with Crippen molar-refractivity contribution >= 4 is 8.80 Å². The fraction of sp³-hybridized carbons (Fsp3) is 0.375. The van der Waals surface area contributed by atoms with E-state index in [-0.39, 0.29) is 0 Å². The van der Waals surface area contributed by atoms with Crippen LogP contribution >= 0.6 is 0 Å². The van der Waals surface area contributed by atoms with Gasteiger partial charge >= 0.3 is 8.80 Å². The van der Waals surface area contributed by atoms with Crippen LogP contribution in [0.15, 0.2) is 24.5 Å². The highest BCUT2D eigenvalue weighted by molar-refractivity contribution is 6.59. The van der Waals surface area contributed by atoms with Crippen LogP contribution in [0.3, 0.4) is 0 Å². The van der Waals surface area contributed by atoms with Crippen molar-refractivity contribution < 1.29 is 14.4 Å². The van der Waals surface area contributed by atoms with E-state index in [4.69, 9.17) is 0 Å². The smallest absolute Gasteiger partial charge is 0.389 e. The molecule has 1 aromatic rings. The van der Waals surface area contributed by atoms with Crippen LogP contribution in [0.25, 0.3) is 0 Å². The summed E-state index contributed by atoms with van der Waals surface area (Å²) in [6.45, 7) is 3.18. The Kier molecular flexibility index (Phi) is 2.53. The van der Waals surface area contributed by atoms with Crippen LogP contribution in [0, 0.1) is 0 Å². The van der Waals surface area contributed by atoms with Crippen LogP contribution < -0.4 is 0 Å². The van der Waals surface area contributed by atoms with Crippen molar-refractivity contribution in [3.8, 4) is 0 Å². The lowest BCUT2D eigenvalue weighted by Gasteiger charge is -2.29. The number of aromatic nitrogens is 1. The minimum absolute atomic E-state index is 0.668. The number of hydrogen-bond donors (Lipinski definition) is 3. The number of hydrogen-bond acceptors (Lipinski definition) is 4. The minimum atomic E-state index is -4.15. The lowest BCUT2D eigenvalue weighted by molar-refractivity contribution is 0.189. The van der Waals surface area contributed by atoms with Crippen molar-refractivity contribution in [3.63, 3.8) is 0 Å². The standard InChI is InChI=1S/C8H13NO3Si/c1-8(2,13(10,11)12)7-3-5-9-6-4-7/h3-6,10-12H,1-2H3. The lowest BCUT2D eigenvalue weighted by atomic mass is 10.0. The van der Waals surface area contributed by atoms with Gasteiger partial charge in [-0.15, -0.1) is 0 Å². The second-order valence-corrected chi connectivity index (χ2v) is 6.02. The topological polar surface area (TPSA) is 73.6 Å². The molecule has 0 saturated heterocycles. The molecule has 1 rings (SSSR count). The molecule has 0 spiro atoms. The van der Waals surface area contributed by atoms with Crippen molar-refractivity contribution in [1.82, 2.24) is 4.98 Å². The highest BCUT2D eigenvalue weighted by Crippen LogP contribution is 2.27.